The second-order valence-electron chi connectivity index (χ2n) is 8.86. The average molecular weight is 472 g/mol. The van der Waals surface area contributed by atoms with Gasteiger partial charge in [-0.15, -0.1) is 10.2 Å². The molecule has 3 heterocycles. The highest BCUT2D eigenvalue weighted by Crippen LogP contribution is 2.51. The van der Waals surface area contributed by atoms with Gasteiger partial charge in [-0.25, -0.2) is 0 Å². The minimum absolute atomic E-state index is 0.0764. The predicted molar refractivity (Wildman–Crippen MR) is 133 cm³/mol. The van der Waals surface area contributed by atoms with Crippen molar-refractivity contribution in [2.75, 3.05) is 10.6 Å². The lowest BCUT2D eigenvalue weighted by atomic mass is 9.70. The molecule has 0 unspecified atom stereocenters. The summed E-state index contributed by atoms with van der Waals surface area (Å²) in [5.41, 5.74) is 3.77. The van der Waals surface area contributed by atoms with Crippen LogP contribution < -0.4 is 15.4 Å². The lowest BCUT2D eigenvalue weighted by Gasteiger charge is -2.37. The topological polar surface area (TPSA) is 89.0 Å². The molecule has 1 aliphatic rings. The van der Waals surface area contributed by atoms with Gasteiger partial charge in [0, 0.05) is 23.1 Å². The van der Waals surface area contributed by atoms with Crippen molar-refractivity contribution < 1.29 is 9.53 Å². The molecule has 2 aromatic carbocycles. The Kier molecular flexibility index (Phi) is 5.75. The average Bonchev–Trinajstić information content (AvgIpc) is 3.36. The number of pyridine rings is 1. The Hall–Kier alpha value is -3.78. The van der Waals surface area contributed by atoms with Gasteiger partial charge in [-0.3, -0.25) is 4.79 Å². The van der Waals surface area contributed by atoms with E-state index >= 15 is 0 Å². The Bertz CT molecular complexity index is 1310. The van der Waals surface area contributed by atoms with Crippen molar-refractivity contribution in [1.82, 2.24) is 15.2 Å². The first-order valence-corrected chi connectivity index (χ1v) is 12.0. The highest BCUT2D eigenvalue weighted by atomic mass is 32.1. The third-order valence-corrected chi connectivity index (χ3v) is 6.80. The number of fused-ring (bicyclic) bond motifs is 2. The molecular weight excluding hydrogens is 446 g/mol. The molecule has 4 aromatic rings. The van der Waals surface area contributed by atoms with Crippen LogP contribution in [0.15, 0.2) is 72.2 Å². The molecule has 1 aliphatic heterocycles. The summed E-state index contributed by atoms with van der Waals surface area (Å²) in [6.45, 7) is 5.96. The number of hydrogen-bond acceptors (Lipinski definition) is 7. The molecule has 0 bridgehead atoms. The maximum atomic E-state index is 13.4. The number of rotatable bonds is 6. The first kappa shape index (κ1) is 22.0. The number of carbonyl (C=O) groups is 1. The maximum absolute atomic E-state index is 13.4. The molecule has 34 heavy (non-hydrogen) atoms. The Morgan fingerprint density at radius 3 is 2.56 bits per heavy atom. The third-order valence-electron chi connectivity index (χ3n) is 6.19. The number of carbonyl (C=O) groups excluding carboxylic acids is 1. The van der Waals surface area contributed by atoms with E-state index in [-0.39, 0.29) is 17.9 Å². The number of nitrogens with one attached hydrogen (secondary N) is 2. The van der Waals surface area contributed by atoms with Crippen molar-refractivity contribution in [3.8, 4) is 11.6 Å². The van der Waals surface area contributed by atoms with Crippen molar-refractivity contribution in [1.29, 1.82) is 0 Å². The second-order valence-corrected chi connectivity index (χ2v) is 9.69. The maximum Gasteiger partial charge on any atom is 0.232 e. The lowest BCUT2D eigenvalue weighted by Crippen LogP contribution is -2.38. The first-order valence-electron chi connectivity index (χ1n) is 11.1. The van der Waals surface area contributed by atoms with E-state index in [9.17, 15) is 4.79 Å². The van der Waals surface area contributed by atoms with Gasteiger partial charge in [-0.1, -0.05) is 73.7 Å². The van der Waals surface area contributed by atoms with Crippen LogP contribution in [0.4, 0.5) is 10.9 Å². The van der Waals surface area contributed by atoms with Crippen LogP contribution in [0.25, 0.3) is 0 Å². The van der Waals surface area contributed by atoms with Crippen LogP contribution >= 0.6 is 11.3 Å². The summed E-state index contributed by atoms with van der Waals surface area (Å²) in [6.07, 6.45) is 0. The highest BCUT2D eigenvalue weighted by Gasteiger charge is 2.44. The fourth-order valence-electron chi connectivity index (χ4n) is 4.36. The third kappa shape index (κ3) is 4.12. The molecule has 2 aromatic heterocycles. The summed E-state index contributed by atoms with van der Waals surface area (Å²) in [5.74, 6) is 1.53. The van der Waals surface area contributed by atoms with Crippen LogP contribution in [0.5, 0.6) is 11.6 Å². The van der Waals surface area contributed by atoms with Gasteiger partial charge in [0.25, 0.3) is 0 Å². The lowest BCUT2D eigenvalue weighted by molar-refractivity contribution is -0.124. The smallest absolute Gasteiger partial charge is 0.232 e. The molecule has 8 heteroatoms. The van der Waals surface area contributed by atoms with E-state index in [2.05, 4.69) is 39.9 Å². The van der Waals surface area contributed by atoms with E-state index in [0.29, 0.717) is 22.6 Å². The second kappa shape index (κ2) is 8.87. The molecule has 2 N–H and O–H groups in total. The van der Waals surface area contributed by atoms with Crippen molar-refractivity contribution in [3.05, 3.63) is 88.9 Å². The molecule has 5 rings (SSSR count). The van der Waals surface area contributed by atoms with Gasteiger partial charge in [0.05, 0.1) is 5.41 Å². The van der Waals surface area contributed by atoms with Crippen LogP contribution in [0.2, 0.25) is 0 Å². The Balaban J connectivity index is 1.49. The van der Waals surface area contributed by atoms with Gasteiger partial charge in [0.2, 0.25) is 16.9 Å². The summed E-state index contributed by atoms with van der Waals surface area (Å²) in [6, 6.07) is 22.0. The van der Waals surface area contributed by atoms with Crippen molar-refractivity contribution in [2.24, 2.45) is 5.41 Å². The molecule has 0 radical (unpaired) electrons. The first-order chi connectivity index (χ1) is 16.4. The molecule has 0 spiro atoms. The van der Waals surface area contributed by atoms with E-state index in [4.69, 9.17) is 9.72 Å². The van der Waals surface area contributed by atoms with Gasteiger partial charge < -0.3 is 15.4 Å². The zero-order valence-corrected chi connectivity index (χ0v) is 20.0. The Labute approximate surface area is 202 Å². The molecule has 7 nitrogen and oxygen atoms in total. The SMILES string of the molecule is C[C@@H](Nc1ccc2c(n1)Oc1ccccc1[C@@H]2C(C)(C)C(=O)Nc1nncs1)c1ccccc1. The van der Waals surface area contributed by atoms with E-state index < -0.39 is 5.41 Å². The van der Waals surface area contributed by atoms with Crippen LogP contribution in [-0.2, 0) is 4.79 Å². The van der Waals surface area contributed by atoms with Gasteiger partial charge in [0.15, 0.2) is 0 Å². The molecule has 0 saturated carbocycles. The van der Waals surface area contributed by atoms with Crippen molar-refractivity contribution in [2.45, 2.75) is 32.7 Å². The van der Waals surface area contributed by atoms with Gasteiger partial charge in [0.1, 0.15) is 17.1 Å². The molecule has 0 saturated heterocycles. The fourth-order valence-corrected chi connectivity index (χ4v) is 4.80. The van der Waals surface area contributed by atoms with Crippen LogP contribution in [-0.4, -0.2) is 21.1 Å². The van der Waals surface area contributed by atoms with Gasteiger partial charge in [-0.05, 0) is 30.7 Å². The number of aromatic nitrogens is 3. The summed E-state index contributed by atoms with van der Waals surface area (Å²) in [7, 11) is 0. The van der Waals surface area contributed by atoms with Gasteiger partial charge in [-0.2, -0.15) is 4.98 Å². The molecule has 0 aliphatic carbocycles. The number of hydrogen-bond donors (Lipinski definition) is 2. The number of para-hydroxylation sites is 1. The fraction of sp³-hybridized carbons (Fsp3) is 0.231. The number of nitrogens with zero attached hydrogens (tertiary/aromatic N) is 3. The van der Waals surface area contributed by atoms with Crippen LogP contribution in [0.3, 0.4) is 0 Å². The summed E-state index contributed by atoms with van der Waals surface area (Å²) >= 11 is 1.29. The molecule has 172 valence electrons. The van der Waals surface area contributed by atoms with E-state index in [1.54, 1.807) is 5.51 Å². The van der Waals surface area contributed by atoms with Crippen LogP contribution in [0.1, 0.15) is 49.4 Å². The van der Waals surface area contributed by atoms with Crippen molar-refractivity contribution in [3.63, 3.8) is 0 Å². The van der Waals surface area contributed by atoms with Gasteiger partial charge >= 0.3 is 0 Å². The summed E-state index contributed by atoms with van der Waals surface area (Å²) < 4.78 is 6.21. The quantitative estimate of drug-likeness (QED) is 0.358. The molecule has 1 amide bonds. The number of ether oxygens (including phenoxy) is 1. The Morgan fingerprint density at radius 2 is 1.79 bits per heavy atom. The van der Waals surface area contributed by atoms with E-state index in [1.807, 2.05) is 68.4 Å². The predicted octanol–water partition coefficient (Wildman–Crippen LogP) is 6.01. The summed E-state index contributed by atoms with van der Waals surface area (Å²) in [4.78, 5) is 18.2. The van der Waals surface area contributed by atoms with E-state index in [0.717, 1.165) is 11.1 Å². The molecular formula is C26H25N5O2S. The minimum atomic E-state index is -0.811. The minimum Gasteiger partial charge on any atom is -0.438 e. The molecule has 0 fully saturated rings. The summed E-state index contributed by atoms with van der Waals surface area (Å²) in [5, 5.41) is 14.6. The normalized spacial score (nSPS) is 15.4. The standard InChI is InChI=1S/C26H25N5O2S/c1-16(17-9-5-4-6-10-17)28-21-14-13-19-22(18-11-7-8-12-20(18)33-23(19)29-21)26(2,3)24(32)30-25-31-27-15-34-25/h4-16,22H,1-3H3,(H,28,29)(H,30,31,32)/t16-,22+/m1/s1. The van der Waals surface area contributed by atoms with Crippen molar-refractivity contribution >= 4 is 28.2 Å². The number of amides is 1. The largest absolute Gasteiger partial charge is 0.438 e. The number of benzene rings is 2. The monoisotopic (exact) mass is 471 g/mol. The number of anilines is 2. The van der Waals surface area contributed by atoms with E-state index in [1.165, 1.54) is 16.9 Å². The zero-order chi connectivity index (χ0) is 23.7. The Morgan fingerprint density at radius 1 is 1.03 bits per heavy atom. The highest BCUT2D eigenvalue weighted by molar-refractivity contribution is 7.13. The zero-order valence-electron chi connectivity index (χ0n) is 19.1. The van der Waals surface area contributed by atoms with Crippen LogP contribution in [0, 0.1) is 5.41 Å². The molecule has 2 atom stereocenters.